The molecule has 0 aliphatic rings. The van der Waals surface area contributed by atoms with Crippen molar-refractivity contribution in [2.75, 3.05) is 10.6 Å². The molecule has 0 aliphatic heterocycles. The Labute approximate surface area is 257 Å². The summed E-state index contributed by atoms with van der Waals surface area (Å²) in [6.45, 7) is 1.97. The van der Waals surface area contributed by atoms with Gasteiger partial charge in [0.1, 0.15) is 0 Å². The topological polar surface area (TPSA) is 118 Å². The second-order valence-electron chi connectivity index (χ2n) is 10.00. The molecule has 0 saturated carbocycles. The zero-order valence-corrected chi connectivity index (χ0v) is 24.5. The molecule has 9 heteroatoms. The first-order valence-corrected chi connectivity index (χ1v) is 14.5. The van der Waals surface area contributed by atoms with E-state index in [0.717, 1.165) is 26.4 Å². The SMILES string of the molecule is Cc1ccc(CC(=O)Nc2ccc(NC(=O)/C=C/c3ccc(-c4cccc([N+](=O)[O-])c4)s3)cc2C(=O)c2ccccc2)cc1. The van der Waals surface area contributed by atoms with Gasteiger partial charge in [0.2, 0.25) is 11.8 Å². The van der Waals surface area contributed by atoms with Crippen LogP contribution in [0.25, 0.3) is 16.5 Å². The van der Waals surface area contributed by atoms with Gasteiger partial charge >= 0.3 is 0 Å². The lowest BCUT2D eigenvalue weighted by Crippen LogP contribution is -2.18. The minimum absolute atomic E-state index is 0.00865. The van der Waals surface area contributed by atoms with Crippen molar-refractivity contribution in [3.8, 4) is 10.4 Å². The number of anilines is 2. The zero-order valence-electron chi connectivity index (χ0n) is 23.7. The molecule has 0 spiro atoms. The lowest BCUT2D eigenvalue weighted by Gasteiger charge is -2.13. The third-order valence-corrected chi connectivity index (χ3v) is 7.79. The third kappa shape index (κ3) is 7.58. The largest absolute Gasteiger partial charge is 0.325 e. The van der Waals surface area contributed by atoms with Gasteiger partial charge in [0.15, 0.2) is 5.78 Å². The molecule has 1 aromatic heterocycles. The molecule has 1 heterocycles. The molecule has 5 rings (SSSR count). The Hall–Kier alpha value is -5.67. The van der Waals surface area contributed by atoms with Crippen LogP contribution in [-0.2, 0) is 16.0 Å². The number of carbonyl (C=O) groups is 3. The summed E-state index contributed by atoms with van der Waals surface area (Å²) < 4.78 is 0. The van der Waals surface area contributed by atoms with Crippen molar-refractivity contribution in [2.24, 2.45) is 0 Å². The van der Waals surface area contributed by atoms with E-state index in [9.17, 15) is 24.5 Å². The average Bonchev–Trinajstić information content (AvgIpc) is 3.51. The fourth-order valence-corrected chi connectivity index (χ4v) is 5.37. The van der Waals surface area contributed by atoms with E-state index >= 15 is 0 Å². The molecule has 0 bridgehead atoms. The number of nitrogens with zero attached hydrogens (tertiary/aromatic N) is 1. The third-order valence-electron chi connectivity index (χ3n) is 6.69. The van der Waals surface area contributed by atoms with Crippen LogP contribution in [0.5, 0.6) is 0 Å². The number of nitrogens with one attached hydrogen (secondary N) is 2. The van der Waals surface area contributed by atoms with E-state index in [2.05, 4.69) is 10.6 Å². The lowest BCUT2D eigenvalue weighted by molar-refractivity contribution is -0.384. The van der Waals surface area contributed by atoms with Crippen LogP contribution in [0.3, 0.4) is 0 Å². The first-order valence-electron chi connectivity index (χ1n) is 13.7. The van der Waals surface area contributed by atoms with Gasteiger partial charge in [0, 0.05) is 44.8 Å². The maximum absolute atomic E-state index is 13.5. The summed E-state index contributed by atoms with van der Waals surface area (Å²) in [6.07, 6.45) is 3.17. The van der Waals surface area contributed by atoms with Gasteiger partial charge in [-0.3, -0.25) is 24.5 Å². The number of amides is 2. The highest BCUT2D eigenvalue weighted by molar-refractivity contribution is 7.16. The summed E-state index contributed by atoms with van der Waals surface area (Å²) in [6, 6.07) is 31.2. The number of aryl methyl sites for hydroxylation is 1. The highest BCUT2D eigenvalue weighted by Crippen LogP contribution is 2.31. The molecule has 0 unspecified atom stereocenters. The fraction of sp³-hybridized carbons (Fsp3) is 0.0571. The van der Waals surface area contributed by atoms with Crippen LogP contribution in [0.15, 0.2) is 115 Å². The van der Waals surface area contributed by atoms with Gasteiger partial charge in [0.25, 0.3) is 5.69 Å². The number of benzene rings is 4. The molecule has 0 radical (unpaired) electrons. The molecule has 8 nitrogen and oxygen atoms in total. The predicted molar refractivity (Wildman–Crippen MR) is 174 cm³/mol. The van der Waals surface area contributed by atoms with Gasteiger partial charge in [-0.2, -0.15) is 0 Å². The number of rotatable bonds is 10. The van der Waals surface area contributed by atoms with Crippen LogP contribution in [-0.4, -0.2) is 22.5 Å². The van der Waals surface area contributed by atoms with Gasteiger partial charge < -0.3 is 10.6 Å². The van der Waals surface area contributed by atoms with Crippen molar-refractivity contribution in [3.63, 3.8) is 0 Å². The molecule has 2 amide bonds. The van der Waals surface area contributed by atoms with E-state index < -0.39 is 10.8 Å². The summed E-state index contributed by atoms with van der Waals surface area (Å²) in [5, 5.41) is 16.7. The number of hydrogen-bond acceptors (Lipinski definition) is 6. The Morgan fingerprint density at radius 3 is 2.36 bits per heavy atom. The van der Waals surface area contributed by atoms with Crippen molar-refractivity contribution in [1.82, 2.24) is 0 Å². The summed E-state index contributed by atoms with van der Waals surface area (Å²) in [5.74, 6) is -0.976. The minimum Gasteiger partial charge on any atom is -0.325 e. The zero-order chi connectivity index (χ0) is 31.1. The summed E-state index contributed by atoms with van der Waals surface area (Å²) in [7, 11) is 0. The second-order valence-corrected chi connectivity index (χ2v) is 11.1. The maximum atomic E-state index is 13.5. The Kier molecular flexibility index (Phi) is 9.17. The minimum atomic E-state index is -0.438. The van der Waals surface area contributed by atoms with E-state index in [1.807, 2.05) is 49.4 Å². The Bertz CT molecular complexity index is 1880. The van der Waals surface area contributed by atoms with E-state index in [-0.39, 0.29) is 29.4 Å². The number of thiophene rings is 1. The summed E-state index contributed by atoms with van der Waals surface area (Å²) in [5.41, 5.74) is 4.10. The van der Waals surface area contributed by atoms with E-state index in [4.69, 9.17) is 0 Å². The van der Waals surface area contributed by atoms with Crippen LogP contribution in [0, 0.1) is 17.0 Å². The molecule has 0 aliphatic carbocycles. The molecule has 2 N–H and O–H groups in total. The van der Waals surface area contributed by atoms with Crippen LogP contribution < -0.4 is 10.6 Å². The van der Waals surface area contributed by atoms with Crippen molar-refractivity contribution in [3.05, 3.63) is 153 Å². The number of nitro groups is 1. The van der Waals surface area contributed by atoms with Gasteiger partial charge in [-0.1, -0.05) is 72.3 Å². The first-order chi connectivity index (χ1) is 21.2. The predicted octanol–water partition coefficient (Wildman–Crippen LogP) is 7.70. The number of nitro benzene ring substituents is 1. The summed E-state index contributed by atoms with van der Waals surface area (Å²) in [4.78, 5) is 51.4. The molecule has 0 saturated heterocycles. The Balaban J connectivity index is 1.32. The van der Waals surface area contributed by atoms with Crippen LogP contribution in [0.4, 0.5) is 17.1 Å². The van der Waals surface area contributed by atoms with E-state index in [1.54, 1.807) is 60.7 Å². The Morgan fingerprint density at radius 2 is 1.61 bits per heavy atom. The number of carbonyl (C=O) groups excluding carboxylic acids is 3. The van der Waals surface area contributed by atoms with Crippen molar-refractivity contribution < 1.29 is 19.3 Å². The quantitative estimate of drug-likeness (QED) is 0.0736. The highest BCUT2D eigenvalue weighted by Gasteiger charge is 2.17. The van der Waals surface area contributed by atoms with E-state index in [1.165, 1.54) is 29.5 Å². The average molecular weight is 602 g/mol. The van der Waals surface area contributed by atoms with Gasteiger partial charge in [-0.05, 0) is 54.5 Å². The van der Waals surface area contributed by atoms with Crippen LogP contribution in [0.2, 0.25) is 0 Å². The van der Waals surface area contributed by atoms with E-state index in [0.29, 0.717) is 16.9 Å². The monoisotopic (exact) mass is 601 g/mol. The van der Waals surface area contributed by atoms with Crippen LogP contribution in [0.1, 0.15) is 31.9 Å². The molecule has 0 fully saturated rings. The number of non-ortho nitro benzene ring substituents is 1. The molecular formula is C35H27N3O5S. The Morgan fingerprint density at radius 1 is 0.841 bits per heavy atom. The molecule has 4 aromatic carbocycles. The molecule has 218 valence electrons. The molecule has 0 atom stereocenters. The van der Waals surface area contributed by atoms with Gasteiger partial charge in [0.05, 0.1) is 17.0 Å². The maximum Gasteiger partial charge on any atom is 0.270 e. The number of hydrogen-bond donors (Lipinski definition) is 2. The first kappa shape index (κ1) is 29.8. The highest BCUT2D eigenvalue weighted by atomic mass is 32.1. The normalized spacial score (nSPS) is 10.8. The molecular weight excluding hydrogens is 574 g/mol. The number of ketones is 1. The van der Waals surface area contributed by atoms with Gasteiger partial charge in [-0.25, -0.2) is 0 Å². The summed E-state index contributed by atoms with van der Waals surface area (Å²) >= 11 is 1.39. The second kappa shape index (κ2) is 13.5. The van der Waals surface area contributed by atoms with Crippen molar-refractivity contribution >= 4 is 52.1 Å². The molecule has 5 aromatic rings. The van der Waals surface area contributed by atoms with Crippen LogP contribution >= 0.6 is 11.3 Å². The van der Waals surface area contributed by atoms with Crippen molar-refractivity contribution in [2.45, 2.75) is 13.3 Å². The standard InChI is InChI=1S/C35H27N3O5S/c1-23-10-12-24(13-11-23)20-34(40)37-31-17-14-27(22-30(31)35(41)25-6-3-2-4-7-25)36-33(39)19-16-29-15-18-32(44-29)26-8-5-9-28(21-26)38(42)43/h2-19,21-22H,20H2,1H3,(H,36,39)(H,37,40)/b19-16+. The van der Waals surface area contributed by atoms with Crippen molar-refractivity contribution in [1.29, 1.82) is 0 Å². The molecule has 44 heavy (non-hydrogen) atoms. The fourth-order valence-electron chi connectivity index (χ4n) is 4.46. The lowest BCUT2D eigenvalue weighted by atomic mass is 10.0. The smallest absolute Gasteiger partial charge is 0.270 e. The van der Waals surface area contributed by atoms with Gasteiger partial charge in [-0.15, -0.1) is 11.3 Å².